The van der Waals surface area contributed by atoms with E-state index >= 15 is 0 Å². The van der Waals surface area contributed by atoms with E-state index < -0.39 is 0 Å². The molecule has 1 aliphatic carbocycles. The molecule has 5 rings (SSSR count). The average molecular weight is 379 g/mol. The van der Waals surface area contributed by atoms with Gasteiger partial charge in [0.05, 0.1) is 23.2 Å². The van der Waals surface area contributed by atoms with E-state index in [-0.39, 0.29) is 6.04 Å². The Balaban J connectivity index is 1.50. The van der Waals surface area contributed by atoms with Crippen LogP contribution in [0.5, 0.6) is 0 Å². The molecule has 0 saturated heterocycles. The van der Waals surface area contributed by atoms with Crippen LogP contribution in [0.2, 0.25) is 0 Å². The van der Waals surface area contributed by atoms with Crippen LogP contribution in [0.15, 0.2) is 54.9 Å². The van der Waals surface area contributed by atoms with Gasteiger partial charge in [0.15, 0.2) is 0 Å². The number of anilines is 1. The Labute approximate surface area is 169 Å². The van der Waals surface area contributed by atoms with E-state index in [1.54, 1.807) is 0 Å². The quantitative estimate of drug-likeness (QED) is 0.507. The van der Waals surface area contributed by atoms with Crippen LogP contribution in [0.1, 0.15) is 41.1 Å². The highest BCUT2D eigenvalue weighted by molar-refractivity contribution is 5.94. The van der Waals surface area contributed by atoms with Crippen molar-refractivity contribution in [3.8, 4) is 17.3 Å². The molecule has 142 valence electrons. The molecule has 0 fully saturated rings. The summed E-state index contributed by atoms with van der Waals surface area (Å²) in [4.78, 5) is 4.31. The van der Waals surface area contributed by atoms with Gasteiger partial charge in [-0.3, -0.25) is 10.1 Å². The molecule has 5 heteroatoms. The molecule has 0 radical (unpaired) electrons. The number of hydrogen-bond donors (Lipinski definition) is 2. The average Bonchev–Trinajstić information content (AvgIpc) is 3.17. The maximum absolute atomic E-state index is 9.18. The van der Waals surface area contributed by atoms with E-state index in [4.69, 9.17) is 0 Å². The van der Waals surface area contributed by atoms with E-state index in [1.807, 2.05) is 31.5 Å². The fourth-order valence-electron chi connectivity index (χ4n) is 4.24. The first-order valence-electron chi connectivity index (χ1n) is 9.91. The normalized spacial score (nSPS) is 15.7. The number of fused-ring (bicyclic) bond motifs is 2. The SMILES string of the molecule is Cc1cncc(-c2n[nH]c3ccc(N[C@H]4CCCc5cc(C#N)ccc54)cc23)c1. The zero-order valence-electron chi connectivity index (χ0n) is 16.2. The molecule has 4 aromatic rings. The van der Waals surface area contributed by atoms with Crippen molar-refractivity contribution < 1.29 is 0 Å². The largest absolute Gasteiger partial charge is 0.378 e. The standard InChI is InChI=1S/C24H21N5/c1-15-9-18(14-26-13-15)24-21-11-19(6-8-23(21)28-29-24)27-22-4-2-3-17-10-16(12-25)5-7-20(17)22/h5-11,13-14,22,27H,2-4H2,1H3,(H,28,29)/t22-/m0/s1. The van der Waals surface area contributed by atoms with Gasteiger partial charge in [-0.1, -0.05) is 6.07 Å². The number of aromatic nitrogens is 3. The van der Waals surface area contributed by atoms with Crippen molar-refractivity contribution >= 4 is 16.6 Å². The van der Waals surface area contributed by atoms with Crippen LogP contribution in [0, 0.1) is 18.3 Å². The first-order valence-corrected chi connectivity index (χ1v) is 9.91. The summed E-state index contributed by atoms with van der Waals surface area (Å²) in [7, 11) is 0. The van der Waals surface area contributed by atoms with Crippen molar-refractivity contribution in [1.29, 1.82) is 5.26 Å². The lowest BCUT2D eigenvalue weighted by Gasteiger charge is -2.27. The molecule has 2 heterocycles. The fraction of sp³-hybridized carbons (Fsp3) is 0.208. The number of benzene rings is 2. The van der Waals surface area contributed by atoms with Crippen LogP contribution in [-0.2, 0) is 6.42 Å². The molecule has 0 aliphatic heterocycles. The minimum Gasteiger partial charge on any atom is -0.378 e. The monoisotopic (exact) mass is 379 g/mol. The number of nitrogens with one attached hydrogen (secondary N) is 2. The zero-order valence-corrected chi connectivity index (χ0v) is 16.2. The summed E-state index contributed by atoms with van der Waals surface area (Å²) in [6.07, 6.45) is 6.94. The number of rotatable bonds is 3. The molecule has 2 aromatic heterocycles. The number of aryl methyl sites for hydroxylation is 2. The van der Waals surface area contributed by atoms with Gasteiger partial charge in [-0.05, 0) is 79.3 Å². The van der Waals surface area contributed by atoms with Crippen LogP contribution in [0.25, 0.3) is 22.2 Å². The molecule has 0 bridgehead atoms. The predicted molar refractivity (Wildman–Crippen MR) is 115 cm³/mol. The number of nitrogens with zero attached hydrogens (tertiary/aromatic N) is 3. The van der Waals surface area contributed by atoms with Crippen molar-refractivity contribution in [2.45, 2.75) is 32.2 Å². The van der Waals surface area contributed by atoms with Crippen molar-refractivity contribution in [3.63, 3.8) is 0 Å². The topological polar surface area (TPSA) is 77.4 Å². The predicted octanol–water partition coefficient (Wildman–Crippen LogP) is 5.29. The Morgan fingerprint density at radius 2 is 2.07 bits per heavy atom. The highest BCUT2D eigenvalue weighted by Crippen LogP contribution is 2.35. The Morgan fingerprint density at radius 1 is 1.14 bits per heavy atom. The molecule has 1 atom stereocenters. The van der Waals surface area contributed by atoms with E-state index in [0.29, 0.717) is 0 Å². The lowest BCUT2D eigenvalue weighted by Crippen LogP contribution is -2.17. The molecule has 2 N–H and O–H groups in total. The molecule has 1 aliphatic rings. The first kappa shape index (κ1) is 17.4. The van der Waals surface area contributed by atoms with Crippen molar-refractivity contribution in [3.05, 3.63) is 77.1 Å². The Bertz CT molecular complexity index is 1250. The van der Waals surface area contributed by atoms with E-state index in [1.165, 1.54) is 11.1 Å². The molecule has 0 spiro atoms. The van der Waals surface area contributed by atoms with Gasteiger partial charge < -0.3 is 5.32 Å². The molecular weight excluding hydrogens is 358 g/mol. The van der Waals surface area contributed by atoms with Gasteiger partial charge in [-0.2, -0.15) is 10.4 Å². The molecule has 0 amide bonds. The molecule has 5 nitrogen and oxygen atoms in total. The second kappa shape index (κ2) is 7.06. The van der Waals surface area contributed by atoms with Crippen molar-refractivity contribution in [1.82, 2.24) is 15.2 Å². The Morgan fingerprint density at radius 3 is 2.93 bits per heavy atom. The Hall–Kier alpha value is -3.65. The van der Waals surface area contributed by atoms with Gasteiger partial charge in [-0.25, -0.2) is 0 Å². The number of H-pyrrole nitrogens is 1. The number of aromatic amines is 1. The van der Waals surface area contributed by atoms with E-state index in [9.17, 15) is 5.26 Å². The number of hydrogen-bond acceptors (Lipinski definition) is 4. The van der Waals surface area contributed by atoms with Crippen LogP contribution < -0.4 is 5.32 Å². The maximum Gasteiger partial charge on any atom is 0.102 e. The molecular formula is C24H21N5. The molecule has 0 unspecified atom stereocenters. The molecule has 29 heavy (non-hydrogen) atoms. The summed E-state index contributed by atoms with van der Waals surface area (Å²) in [5.41, 5.74) is 8.44. The molecule has 0 saturated carbocycles. The summed E-state index contributed by atoms with van der Waals surface area (Å²) in [6, 6.07) is 17.0. The summed E-state index contributed by atoms with van der Waals surface area (Å²) in [5.74, 6) is 0. The smallest absolute Gasteiger partial charge is 0.102 e. The van der Waals surface area contributed by atoms with Crippen LogP contribution in [0.3, 0.4) is 0 Å². The zero-order chi connectivity index (χ0) is 19.8. The van der Waals surface area contributed by atoms with Crippen LogP contribution in [0.4, 0.5) is 5.69 Å². The third kappa shape index (κ3) is 3.23. The minimum absolute atomic E-state index is 0.250. The lowest BCUT2D eigenvalue weighted by atomic mass is 9.86. The Kier molecular flexibility index (Phi) is 4.25. The van der Waals surface area contributed by atoms with Gasteiger partial charge in [0.25, 0.3) is 0 Å². The molecule has 2 aromatic carbocycles. The summed E-state index contributed by atoms with van der Waals surface area (Å²) < 4.78 is 0. The van der Waals surface area contributed by atoms with Crippen LogP contribution >= 0.6 is 0 Å². The minimum atomic E-state index is 0.250. The lowest BCUT2D eigenvalue weighted by molar-refractivity contribution is 0.600. The fourth-order valence-corrected chi connectivity index (χ4v) is 4.24. The maximum atomic E-state index is 9.18. The highest BCUT2D eigenvalue weighted by Gasteiger charge is 2.21. The first-order chi connectivity index (χ1) is 14.2. The summed E-state index contributed by atoms with van der Waals surface area (Å²) in [5, 5.41) is 21.6. The summed E-state index contributed by atoms with van der Waals surface area (Å²) in [6.45, 7) is 2.04. The third-order valence-corrected chi connectivity index (χ3v) is 5.64. The third-order valence-electron chi connectivity index (χ3n) is 5.64. The van der Waals surface area contributed by atoms with E-state index in [2.05, 4.69) is 56.9 Å². The number of nitriles is 1. The van der Waals surface area contributed by atoms with Crippen molar-refractivity contribution in [2.75, 3.05) is 5.32 Å². The number of pyridine rings is 1. The second-order valence-corrected chi connectivity index (χ2v) is 7.70. The van der Waals surface area contributed by atoms with E-state index in [0.717, 1.165) is 58.2 Å². The van der Waals surface area contributed by atoms with Gasteiger partial charge >= 0.3 is 0 Å². The van der Waals surface area contributed by atoms with Gasteiger partial charge in [-0.15, -0.1) is 0 Å². The summed E-state index contributed by atoms with van der Waals surface area (Å²) >= 11 is 0. The van der Waals surface area contributed by atoms with Crippen molar-refractivity contribution in [2.24, 2.45) is 0 Å². The highest BCUT2D eigenvalue weighted by atomic mass is 15.1. The second-order valence-electron chi connectivity index (χ2n) is 7.70. The van der Waals surface area contributed by atoms with Gasteiger partial charge in [0.2, 0.25) is 0 Å². The van der Waals surface area contributed by atoms with Gasteiger partial charge in [0.1, 0.15) is 5.69 Å². The van der Waals surface area contributed by atoms with Gasteiger partial charge in [0, 0.05) is 29.0 Å². The van der Waals surface area contributed by atoms with Crippen LogP contribution in [-0.4, -0.2) is 15.2 Å².